The zero-order chi connectivity index (χ0) is 19.8. The maximum absolute atomic E-state index is 12.3. The summed E-state index contributed by atoms with van der Waals surface area (Å²) in [6.45, 7) is 1.92. The third-order valence-electron chi connectivity index (χ3n) is 3.37. The standard InChI is InChI=1S/C18H20F2N4O2S/c1-12-7-8-21-15(9-12)23-17(26)11-24(2)10-16(25)22-13-3-5-14(6-4-13)27-18(19)20/h3-9,18H,10-11H2,1-2H3,(H,22,25)(H,21,23,26). The van der Waals surface area contributed by atoms with E-state index in [1.165, 1.54) is 12.1 Å². The van der Waals surface area contributed by atoms with Gasteiger partial charge in [-0.1, -0.05) is 11.8 Å². The van der Waals surface area contributed by atoms with Crippen LogP contribution in [0.5, 0.6) is 0 Å². The zero-order valence-corrected chi connectivity index (χ0v) is 15.7. The van der Waals surface area contributed by atoms with Crippen molar-refractivity contribution in [3.8, 4) is 0 Å². The fraction of sp³-hybridized carbons (Fsp3) is 0.278. The summed E-state index contributed by atoms with van der Waals surface area (Å²) in [5.74, 6) is -2.62. The van der Waals surface area contributed by atoms with Crippen molar-refractivity contribution in [3.63, 3.8) is 0 Å². The van der Waals surface area contributed by atoms with E-state index in [1.807, 2.05) is 13.0 Å². The van der Waals surface area contributed by atoms with Gasteiger partial charge < -0.3 is 10.6 Å². The van der Waals surface area contributed by atoms with Crippen LogP contribution in [0, 0.1) is 6.92 Å². The molecule has 0 aliphatic rings. The molecule has 0 unspecified atom stereocenters. The van der Waals surface area contributed by atoms with Gasteiger partial charge in [0.25, 0.3) is 5.76 Å². The Bertz CT molecular complexity index is 787. The molecule has 2 N–H and O–H groups in total. The molecule has 0 fully saturated rings. The van der Waals surface area contributed by atoms with Gasteiger partial charge in [0.1, 0.15) is 5.82 Å². The Labute approximate surface area is 160 Å². The van der Waals surface area contributed by atoms with Crippen molar-refractivity contribution in [2.75, 3.05) is 30.8 Å². The van der Waals surface area contributed by atoms with E-state index in [9.17, 15) is 18.4 Å². The lowest BCUT2D eigenvalue weighted by molar-refractivity contribution is -0.119. The number of hydrogen-bond acceptors (Lipinski definition) is 5. The Morgan fingerprint density at radius 2 is 1.74 bits per heavy atom. The van der Waals surface area contributed by atoms with Crippen molar-refractivity contribution < 1.29 is 18.4 Å². The minimum atomic E-state index is -2.49. The Hall–Kier alpha value is -2.52. The van der Waals surface area contributed by atoms with Crippen LogP contribution in [0.25, 0.3) is 0 Å². The number of likely N-dealkylation sites (N-methyl/N-ethyl adjacent to an activating group) is 1. The summed E-state index contributed by atoms with van der Waals surface area (Å²) >= 11 is 0.441. The van der Waals surface area contributed by atoms with Gasteiger partial charge in [-0.15, -0.1) is 0 Å². The molecule has 144 valence electrons. The highest BCUT2D eigenvalue weighted by Crippen LogP contribution is 2.26. The van der Waals surface area contributed by atoms with E-state index in [0.29, 0.717) is 28.2 Å². The number of rotatable bonds is 8. The molecule has 0 saturated carbocycles. The maximum atomic E-state index is 12.3. The van der Waals surface area contributed by atoms with Gasteiger partial charge >= 0.3 is 0 Å². The molecule has 0 aliphatic heterocycles. The molecule has 2 aromatic rings. The van der Waals surface area contributed by atoms with E-state index < -0.39 is 5.76 Å². The van der Waals surface area contributed by atoms with Crippen molar-refractivity contribution in [2.24, 2.45) is 0 Å². The molecule has 0 aliphatic carbocycles. The van der Waals surface area contributed by atoms with Crippen LogP contribution in [0.3, 0.4) is 0 Å². The number of carbonyl (C=O) groups excluding carboxylic acids is 2. The average molecular weight is 394 g/mol. The Kier molecular flexibility index (Phi) is 7.68. The Morgan fingerprint density at radius 1 is 1.11 bits per heavy atom. The number of carbonyl (C=O) groups is 2. The number of nitrogens with one attached hydrogen (secondary N) is 2. The number of aromatic nitrogens is 1. The first-order valence-electron chi connectivity index (χ1n) is 8.07. The van der Waals surface area contributed by atoms with Crippen LogP contribution in [0.1, 0.15) is 5.56 Å². The second-order valence-electron chi connectivity index (χ2n) is 5.89. The monoisotopic (exact) mass is 394 g/mol. The van der Waals surface area contributed by atoms with Crippen LogP contribution >= 0.6 is 11.8 Å². The highest BCUT2D eigenvalue weighted by Gasteiger charge is 2.12. The summed E-state index contributed by atoms with van der Waals surface area (Å²) in [6, 6.07) is 9.71. The molecule has 27 heavy (non-hydrogen) atoms. The molecule has 0 atom stereocenters. The van der Waals surface area contributed by atoms with Gasteiger partial charge in [-0.2, -0.15) is 8.78 Å². The topological polar surface area (TPSA) is 74.3 Å². The number of alkyl halides is 2. The summed E-state index contributed by atoms with van der Waals surface area (Å²) in [7, 11) is 1.64. The van der Waals surface area contributed by atoms with Gasteiger partial charge in [-0.25, -0.2) is 4.98 Å². The normalized spacial score (nSPS) is 10.9. The van der Waals surface area contributed by atoms with Gasteiger partial charge in [0.15, 0.2) is 0 Å². The van der Waals surface area contributed by atoms with E-state index >= 15 is 0 Å². The lowest BCUT2D eigenvalue weighted by Gasteiger charge is -2.16. The van der Waals surface area contributed by atoms with Gasteiger partial charge in [0, 0.05) is 16.8 Å². The molecule has 0 bridgehead atoms. The molecule has 0 saturated heterocycles. The van der Waals surface area contributed by atoms with E-state index in [-0.39, 0.29) is 24.9 Å². The minimum Gasteiger partial charge on any atom is -0.325 e. The molecule has 1 aromatic heterocycles. The molecular formula is C18H20F2N4O2S. The van der Waals surface area contributed by atoms with E-state index in [0.717, 1.165) is 5.56 Å². The second-order valence-corrected chi connectivity index (χ2v) is 6.95. The highest BCUT2D eigenvalue weighted by atomic mass is 32.2. The number of halogens is 2. The number of aryl methyl sites for hydroxylation is 1. The minimum absolute atomic E-state index is 0.00218. The number of amides is 2. The number of benzene rings is 1. The summed E-state index contributed by atoms with van der Waals surface area (Å²) in [4.78, 5) is 30.1. The largest absolute Gasteiger partial charge is 0.325 e. The van der Waals surface area contributed by atoms with Crippen LogP contribution in [-0.4, -0.2) is 47.6 Å². The fourth-order valence-corrected chi connectivity index (χ4v) is 2.75. The van der Waals surface area contributed by atoms with Crippen LogP contribution in [0.2, 0.25) is 0 Å². The first kappa shape index (κ1) is 20.8. The summed E-state index contributed by atoms with van der Waals surface area (Å²) in [5, 5.41) is 5.33. The first-order valence-corrected chi connectivity index (χ1v) is 8.95. The van der Waals surface area contributed by atoms with E-state index in [2.05, 4.69) is 15.6 Å². The predicted molar refractivity (Wildman–Crippen MR) is 102 cm³/mol. The predicted octanol–water partition coefficient (Wildman–Crippen LogP) is 3.21. The molecule has 9 heteroatoms. The van der Waals surface area contributed by atoms with Crippen LogP contribution in [0.15, 0.2) is 47.5 Å². The molecule has 1 aromatic carbocycles. The first-order chi connectivity index (χ1) is 12.8. The smallest absolute Gasteiger partial charge is 0.288 e. The SMILES string of the molecule is Cc1ccnc(NC(=O)CN(C)CC(=O)Nc2ccc(SC(F)F)cc2)c1. The van der Waals surface area contributed by atoms with Gasteiger partial charge in [0.2, 0.25) is 11.8 Å². The van der Waals surface area contributed by atoms with E-state index in [4.69, 9.17) is 0 Å². The molecule has 6 nitrogen and oxygen atoms in total. The number of pyridine rings is 1. The van der Waals surface area contributed by atoms with Crippen molar-refractivity contribution in [1.82, 2.24) is 9.88 Å². The van der Waals surface area contributed by atoms with Gasteiger partial charge in [-0.3, -0.25) is 14.5 Å². The van der Waals surface area contributed by atoms with Crippen molar-refractivity contribution >= 4 is 35.1 Å². The summed E-state index contributed by atoms with van der Waals surface area (Å²) < 4.78 is 24.6. The maximum Gasteiger partial charge on any atom is 0.288 e. The summed E-state index contributed by atoms with van der Waals surface area (Å²) in [6.07, 6.45) is 1.60. The van der Waals surface area contributed by atoms with Crippen LogP contribution in [0.4, 0.5) is 20.3 Å². The van der Waals surface area contributed by atoms with E-state index in [1.54, 1.807) is 36.3 Å². The third kappa shape index (κ3) is 7.71. The van der Waals surface area contributed by atoms with Crippen molar-refractivity contribution in [2.45, 2.75) is 17.6 Å². The zero-order valence-electron chi connectivity index (χ0n) is 14.9. The van der Waals surface area contributed by atoms with Crippen LogP contribution < -0.4 is 10.6 Å². The van der Waals surface area contributed by atoms with Gasteiger partial charge in [0.05, 0.1) is 13.1 Å². The fourth-order valence-electron chi connectivity index (χ4n) is 2.25. The van der Waals surface area contributed by atoms with Crippen molar-refractivity contribution in [1.29, 1.82) is 0 Å². The Morgan fingerprint density at radius 3 is 2.33 bits per heavy atom. The molecule has 2 rings (SSSR count). The molecule has 2 amide bonds. The lowest BCUT2D eigenvalue weighted by atomic mass is 10.3. The highest BCUT2D eigenvalue weighted by molar-refractivity contribution is 7.99. The molecule has 0 radical (unpaired) electrons. The number of hydrogen-bond donors (Lipinski definition) is 2. The molecule has 0 spiro atoms. The number of anilines is 2. The molecule has 1 heterocycles. The average Bonchev–Trinajstić information content (AvgIpc) is 2.55. The lowest BCUT2D eigenvalue weighted by Crippen LogP contribution is -2.36. The van der Waals surface area contributed by atoms with Gasteiger partial charge in [-0.05, 0) is 55.9 Å². The molecular weight excluding hydrogens is 374 g/mol. The Balaban J connectivity index is 1.78. The quantitative estimate of drug-likeness (QED) is 0.673. The third-order valence-corrected chi connectivity index (χ3v) is 4.10. The number of thioether (sulfide) groups is 1. The number of nitrogens with zero attached hydrogens (tertiary/aromatic N) is 2. The van der Waals surface area contributed by atoms with Crippen LogP contribution in [-0.2, 0) is 9.59 Å². The van der Waals surface area contributed by atoms with Crippen molar-refractivity contribution in [3.05, 3.63) is 48.2 Å². The second kappa shape index (κ2) is 9.98. The summed E-state index contributed by atoms with van der Waals surface area (Å²) in [5.41, 5.74) is 1.48.